The number of carbonyl (C=O) groups is 1. The van der Waals surface area contributed by atoms with Crippen LogP contribution in [0.5, 0.6) is 0 Å². The molecular formula is C9H14BrN3O. The number of hydrogen-bond acceptors (Lipinski definition) is 2. The Kier molecular flexibility index (Phi) is 4.13. The van der Waals surface area contributed by atoms with Crippen molar-refractivity contribution in [3.63, 3.8) is 0 Å². The van der Waals surface area contributed by atoms with Crippen LogP contribution in [0.2, 0.25) is 0 Å². The Labute approximate surface area is 91.6 Å². The Morgan fingerprint density at radius 3 is 2.86 bits per heavy atom. The normalized spacial score (nSPS) is 12.9. The molecule has 5 heteroatoms. The number of nitrogens with one attached hydrogen (secondary N) is 2. The van der Waals surface area contributed by atoms with Gasteiger partial charge in [0.25, 0.3) is 5.91 Å². The van der Waals surface area contributed by atoms with E-state index in [4.69, 9.17) is 0 Å². The molecular weight excluding hydrogens is 246 g/mol. The van der Waals surface area contributed by atoms with E-state index in [0.717, 1.165) is 5.33 Å². The Morgan fingerprint density at radius 1 is 1.71 bits per heavy atom. The van der Waals surface area contributed by atoms with Crippen molar-refractivity contribution >= 4 is 21.8 Å². The number of H-pyrrole nitrogens is 1. The largest absolute Gasteiger partial charge is 0.347 e. The Hall–Kier alpha value is -0.840. The molecule has 1 amide bonds. The lowest BCUT2D eigenvalue weighted by Crippen LogP contribution is -2.39. The van der Waals surface area contributed by atoms with Gasteiger partial charge in [-0.2, -0.15) is 5.10 Å². The van der Waals surface area contributed by atoms with Crippen molar-refractivity contribution in [1.29, 1.82) is 0 Å². The number of aromatic nitrogens is 2. The average molecular weight is 260 g/mol. The van der Waals surface area contributed by atoms with Gasteiger partial charge in [0.2, 0.25) is 0 Å². The third kappa shape index (κ3) is 2.83. The number of rotatable bonds is 4. The van der Waals surface area contributed by atoms with Crippen LogP contribution in [-0.2, 0) is 0 Å². The minimum atomic E-state index is -0.111. The fourth-order valence-corrected chi connectivity index (χ4v) is 1.92. The number of nitrogens with zero attached hydrogens (tertiary/aromatic N) is 1. The smallest absolute Gasteiger partial charge is 0.269 e. The van der Waals surface area contributed by atoms with Crippen LogP contribution in [0.3, 0.4) is 0 Å². The molecule has 4 nitrogen and oxygen atoms in total. The summed E-state index contributed by atoms with van der Waals surface area (Å²) in [6.45, 7) is 4.14. The Morgan fingerprint density at radius 2 is 2.43 bits per heavy atom. The van der Waals surface area contributed by atoms with Crippen LogP contribution in [0, 0.1) is 5.92 Å². The lowest BCUT2D eigenvalue weighted by Gasteiger charge is -2.19. The lowest BCUT2D eigenvalue weighted by molar-refractivity contribution is 0.0926. The van der Waals surface area contributed by atoms with E-state index in [1.807, 2.05) is 0 Å². The minimum Gasteiger partial charge on any atom is -0.347 e. The maximum Gasteiger partial charge on any atom is 0.269 e. The molecule has 78 valence electrons. The van der Waals surface area contributed by atoms with Crippen LogP contribution >= 0.6 is 15.9 Å². The molecule has 1 aromatic rings. The summed E-state index contributed by atoms with van der Waals surface area (Å²) in [5.41, 5.74) is 0.497. The van der Waals surface area contributed by atoms with Gasteiger partial charge in [-0.15, -0.1) is 0 Å². The number of amides is 1. The highest BCUT2D eigenvalue weighted by atomic mass is 79.9. The number of aromatic amines is 1. The Balaban J connectivity index is 2.56. The summed E-state index contributed by atoms with van der Waals surface area (Å²) < 4.78 is 0. The first kappa shape index (κ1) is 11.2. The fourth-order valence-electron chi connectivity index (χ4n) is 1.01. The summed E-state index contributed by atoms with van der Waals surface area (Å²) in [5.74, 6) is 0.293. The van der Waals surface area contributed by atoms with Crippen molar-refractivity contribution in [1.82, 2.24) is 15.5 Å². The van der Waals surface area contributed by atoms with Gasteiger partial charge in [0.1, 0.15) is 5.69 Å². The lowest BCUT2D eigenvalue weighted by atomic mass is 10.1. The molecule has 0 aromatic carbocycles. The van der Waals surface area contributed by atoms with Crippen molar-refractivity contribution in [2.24, 2.45) is 5.92 Å². The molecule has 0 radical (unpaired) electrons. The van der Waals surface area contributed by atoms with Crippen LogP contribution in [0.4, 0.5) is 0 Å². The highest BCUT2D eigenvalue weighted by molar-refractivity contribution is 9.09. The zero-order valence-corrected chi connectivity index (χ0v) is 9.84. The highest BCUT2D eigenvalue weighted by Gasteiger charge is 2.16. The van der Waals surface area contributed by atoms with Crippen LogP contribution < -0.4 is 5.32 Å². The van der Waals surface area contributed by atoms with E-state index in [1.54, 1.807) is 12.3 Å². The molecule has 0 aliphatic heterocycles. The van der Waals surface area contributed by atoms with E-state index in [-0.39, 0.29) is 11.9 Å². The average Bonchev–Trinajstić information content (AvgIpc) is 2.65. The summed E-state index contributed by atoms with van der Waals surface area (Å²) in [6, 6.07) is 1.80. The molecule has 0 saturated heterocycles. The second-order valence-electron chi connectivity index (χ2n) is 3.45. The first-order valence-corrected chi connectivity index (χ1v) is 5.63. The van der Waals surface area contributed by atoms with Crippen molar-refractivity contribution in [2.45, 2.75) is 19.9 Å². The van der Waals surface area contributed by atoms with Crippen molar-refractivity contribution in [3.8, 4) is 0 Å². The third-order valence-corrected chi connectivity index (χ3v) is 2.73. The van der Waals surface area contributed by atoms with Gasteiger partial charge in [-0.05, 0) is 12.0 Å². The summed E-state index contributed by atoms with van der Waals surface area (Å²) in [7, 11) is 0. The molecule has 1 unspecified atom stereocenters. The van der Waals surface area contributed by atoms with Crippen LogP contribution in [0.15, 0.2) is 12.3 Å². The minimum absolute atomic E-state index is 0.111. The van der Waals surface area contributed by atoms with Gasteiger partial charge in [-0.3, -0.25) is 9.89 Å². The van der Waals surface area contributed by atoms with E-state index in [9.17, 15) is 4.79 Å². The Bertz CT molecular complexity index is 284. The van der Waals surface area contributed by atoms with E-state index in [2.05, 4.69) is 45.3 Å². The van der Waals surface area contributed by atoms with Crippen LogP contribution in [-0.4, -0.2) is 27.5 Å². The molecule has 2 N–H and O–H groups in total. The zero-order chi connectivity index (χ0) is 10.6. The summed E-state index contributed by atoms with van der Waals surface area (Å²) in [4.78, 5) is 11.6. The maximum atomic E-state index is 11.6. The molecule has 0 aliphatic rings. The maximum absolute atomic E-state index is 11.6. The molecule has 1 rings (SSSR count). The second-order valence-corrected chi connectivity index (χ2v) is 4.10. The highest BCUT2D eigenvalue weighted by Crippen LogP contribution is 2.05. The first-order chi connectivity index (χ1) is 6.65. The van der Waals surface area contributed by atoms with Crippen LogP contribution in [0.25, 0.3) is 0 Å². The molecule has 1 aromatic heterocycles. The van der Waals surface area contributed by atoms with Crippen molar-refractivity contribution < 1.29 is 4.79 Å². The second kappa shape index (κ2) is 5.14. The number of alkyl halides is 1. The predicted molar refractivity (Wildman–Crippen MR) is 58.5 cm³/mol. The van der Waals surface area contributed by atoms with Crippen LogP contribution in [0.1, 0.15) is 24.3 Å². The summed E-state index contributed by atoms with van der Waals surface area (Å²) in [6.07, 6.45) is 1.56. The van der Waals surface area contributed by atoms with Gasteiger partial charge in [0.15, 0.2) is 0 Å². The van der Waals surface area contributed by atoms with Crippen molar-refractivity contribution in [3.05, 3.63) is 18.0 Å². The standard InChI is InChI=1S/C9H14BrN3O/c1-6(2)8(5-10)12-9(14)7-3-4-11-13-7/h3-4,6,8H,5H2,1-2H3,(H,11,13)(H,12,14). The predicted octanol–water partition coefficient (Wildman–Crippen LogP) is 1.56. The zero-order valence-electron chi connectivity index (χ0n) is 8.25. The molecule has 0 saturated carbocycles. The SMILES string of the molecule is CC(C)C(CBr)NC(=O)c1ccn[nH]1. The molecule has 1 heterocycles. The van der Waals surface area contributed by atoms with Gasteiger partial charge < -0.3 is 5.32 Å². The van der Waals surface area contributed by atoms with Crippen molar-refractivity contribution in [2.75, 3.05) is 5.33 Å². The first-order valence-electron chi connectivity index (χ1n) is 4.51. The van der Waals surface area contributed by atoms with Gasteiger partial charge in [-0.25, -0.2) is 0 Å². The third-order valence-electron chi connectivity index (χ3n) is 2.03. The van der Waals surface area contributed by atoms with Gasteiger partial charge >= 0.3 is 0 Å². The number of hydrogen-bond donors (Lipinski definition) is 2. The van der Waals surface area contributed by atoms with Gasteiger partial charge in [0.05, 0.1) is 0 Å². The molecule has 14 heavy (non-hydrogen) atoms. The topological polar surface area (TPSA) is 57.8 Å². The van der Waals surface area contributed by atoms with Gasteiger partial charge in [0, 0.05) is 17.6 Å². The van der Waals surface area contributed by atoms with E-state index < -0.39 is 0 Å². The monoisotopic (exact) mass is 259 g/mol. The molecule has 0 spiro atoms. The fraction of sp³-hybridized carbons (Fsp3) is 0.556. The number of halogens is 1. The molecule has 0 aliphatic carbocycles. The van der Waals surface area contributed by atoms with E-state index in [1.165, 1.54) is 0 Å². The molecule has 0 fully saturated rings. The van der Waals surface area contributed by atoms with E-state index >= 15 is 0 Å². The summed E-state index contributed by atoms with van der Waals surface area (Å²) in [5, 5.41) is 10.0. The molecule has 0 bridgehead atoms. The number of carbonyl (C=O) groups excluding carboxylic acids is 1. The quantitative estimate of drug-likeness (QED) is 0.807. The van der Waals surface area contributed by atoms with E-state index in [0.29, 0.717) is 11.6 Å². The molecule has 1 atom stereocenters. The summed E-state index contributed by atoms with van der Waals surface area (Å²) >= 11 is 3.37. The van der Waals surface area contributed by atoms with Gasteiger partial charge in [-0.1, -0.05) is 29.8 Å².